The summed E-state index contributed by atoms with van der Waals surface area (Å²) >= 11 is 0. The maximum absolute atomic E-state index is 12.2. The maximum Gasteiger partial charge on any atom is 0.118 e. The van der Waals surface area contributed by atoms with Crippen LogP contribution in [0.5, 0.6) is 5.75 Å². The van der Waals surface area contributed by atoms with Crippen LogP contribution in [0.4, 0.5) is 0 Å². The highest BCUT2D eigenvalue weighted by atomic mass is 16.5. The highest BCUT2D eigenvalue weighted by molar-refractivity contribution is 5.97. The molecule has 0 spiro atoms. The molecule has 29 heavy (non-hydrogen) atoms. The normalized spacial score (nSPS) is 14.6. The van der Waals surface area contributed by atoms with Crippen LogP contribution < -0.4 is 15.2 Å². The Labute approximate surface area is 171 Å². The minimum absolute atomic E-state index is 0.270. The molecule has 0 radical (unpaired) electrons. The molecule has 1 saturated carbocycles. The number of methoxy groups -OCH3 is 1. The third kappa shape index (κ3) is 4.01. The molecule has 1 heterocycles. The van der Waals surface area contributed by atoms with E-state index in [1.165, 1.54) is 12.8 Å². The van der Waals surface area contributed by atoms with Gasteiger partial charge in [-0.3, -0.25) is 0 Å². The van der Waals surface area contributed by atoms with Crippen molar-refractivity contribution in [1.29, 1.82) is 0 Å². The molecule has 1 fully saturated rings. The number of aromatic nitrogens is 1. The number of ether oxygens (including phenoxy) is 1. The molecule has 152 valence electrons. The lowest BCUT2D eigenvalue weighted by Crippen LogP contribution is -2.30. The summed E-state index contributed by atoms with van der Waals surface area (Å²) in [5.74, 6) is -0.348. The molecule has 1 aliphatic carbocycles. The predicted octanol–water partition coefficient (Wildman–Crippen LogP) is 3.40. The van der Waals surface area contributed by atoms with E-state index in [0.717, 1.165) is 46.2 Å². The van der Waals surface area contributed by atoms with E-state index in [1.54, 1.807) is 7.11 Å². The first-order chi connectivity index (χ1) is 14.1. The Morgan fingerprint density at radius 2 is 1.90 bits per heavy atom. The Bertz CT molecular complexity index is 1010. The number of carboxylic acids is 1. The van der Waals surface area contributed by atoms with Crippen molar-refractivity contribution in [3.63, 3.8) is 0 Å². The number of nitrogens with one attached hydrogen (secondary N) is 1. The number of carbonyl (C=O) groups is 1. The molecule has 0 bridgehead atoms. The number of aryl methyl sites for hydroxylation is 1. The van der Waals surface area contributed by atoms with Crippen LogP contribution in [0.25, 0.3) is 10.9 Å². The van der Waals surface area contributed by atoms with Gasteiger partial charge in [-0.05, 0) is 49.1 Å². The molecule has 1 aliphatic rings. The van der Waals surface area contributed by atoms with Crippen molar-refractivity contribution < 1.29 is 14.6 Å². The van der Waals surface area contributed by atoms with Crippen LogP contribution in [-0.2, 0) is 13.1 Å². The number of benzene rings is 2. The molecule has 5 nitrogen and oxygen atoms in total. The van der Waals surface area contributed by atoms with Crippen LogP contribution in [0.15, 0.2) is 42.5 Å². The second-order valence-corrected chi connectivity index (χ2v) is 7.93. The Morgan fingerprint density at radius 1 is 1.17 bits per heavy atom. The number of carboxylic acid groups (broad SMARTS) is 1. The van der Waals surface area contributed by atoms with E-state index in [0.29, 0.717) is 19.1 Å². The monoisotopic (exact) mass is 391 g/mol. The third-order valence-electron chi connectivity index (χ3n) is 5.94. The van der Waals surface area contributed by atoms with Gasteiger partial charge in [-0.2, -0.15) is 0 Å². The van der Waals surface area contributed by atoms with Gasteiger partial charge in [0.2, 0.25) is 0 Å². The highest BCUT2D eigenvalue weighted by Gasteiger charge is 2.21. The van der Waals surface area contributed by atoms with Crippen LogP contribution in [0.2, 0.25) is 0 Å². The Hall–Kier alpha value is -2.79. The summed E-state index contributed by atoms with van der Waals surface area (Å²) in [5.41, 5.74) is 4.14. The molecule has 0 aliphatic heterocycles. The molecule has 3 aromatic rings. The van der Waals surface area contributed by atoms with E-state index < -0.39 is 5.97 Å². The van der Waals surface area contributed by atoms with E-state index in [4.69, 9.17) is 4.74 Å². The smallest absolute Gasteiger partial charge is 0.118 e. The minimum Gasteiger partial charge on any atom is -0.543 e. The van der Waals surface area contributed by atoms with Crippen molar-refractivity contribution in [2.75, 3.05) is 7.11 Å². The lowest BCUT2D eigenvalue weighted by Gasteiger charge is -2.16. The zero-order valence-corrected chi connectivity index (χ0v) is 17.0. The van der Waals surface area contributed by atoms with Crippen molar-refractivity contribution in [3.05, 3.63) is 64.8 Å². The average molecular weight is 391 g/mol. The molecule has 5 heteroatoms. The van der Waals surface area contributed by atoms with Gasteiger partial charge in [0.1, 0.15) is 5.75 Å². The molecule has 2 aromatic carbocycles. The van der Waals surface area contributed by atoms with Gasteiger partial charge in [-0.1, -0.05) is 37.1 Å². The van der Waals surface area contributed by atoms with Gasteiger partial charge >= 0.3 is 0 Å². The van der Waals surface area contributed by atoms with Crippen LogP contribution in [0.1, 0.15) is 52.9 Å². The van der Waals surface area contributed by atoms with Crippen molar-refractivity contribution in [2.45, 2.75) is 51.7 Å². The van der Waals surface area contributed by atoms with Gasteiger partial charge in [0.25, 0.3) is 0 Å². The summed E-state index contributed by atoms with van der Waals surface area (Å²) in [6.45, 7) is 3.04. The SMILES string of the molecule is COc1ccc(Cn2c(C(=O)[O-])c(CNC3CCCC3)c3ccc(C)cc32)cc1. The van der Waals surface area contributed by atoms with E-state index in [1.807, 2.05) is 47.9 Å². The number of rotatable bonds is 7. The highest BCUT2D eigenvalue weighted by Crippen LogP contribution is 2.29. The topological polar surface area (TPSA) is 66.3 Å². The van der Waals surface area contributed by atoms with E-state index >= 15 is 0 Å². The average Bonchev–Trinajstić information content (AvgIpc) is 3.33. The Balaban J connectivity index is 1.77. The lowest BCUT2D eigenvalue weighted by molar-refractivity contribution is -0.255. The first kappa shape index (κ1) is 19.5. The summed E-state index contributed by atoms with van der Waals surface area (Å²) in [5, 5.41) is 16.8. The van der Waals surface area contributed by atoms with E-state index in [-0.39, 0.29) is 5.69 Å². The number of aromatic carboxylic acids is 1. The predicted molar refractivity (Wildman–Crippen MR) is 112 cm³/mol. The second kappa shape index (κ2) is 8.29. The van der Waals surface area contributed by atoms with Crippen LogP contribution in [-0.4, -0.2) is 23.7 Å². The van der Waals surface area contributed by atoms with Gasteiger partial charge in [-0.25, -0.2) is 0 Å². The Kier molecular flexibility index (Phi) is 5.58. The van der Waals surface area contributed by atoms with Crippen LogP contribution >= 0.6 is 0 Å². The fraction of sp³-hybridized carbons (Fsp3) is 0.375. The molecule has 0 atom stereocenters. The Morgan fingerprint density at radius 3 is 2.55 bits per heavy atom. The summed E-state index contributed by atoms with van der Waals surface area (Å²) < 4.78 is 7.11. The van der Waals surface area contributed by atoms with Gasteiger partial charge < -0.3 is 24.5 Å². The molecular formula is C24H27N2O3-. The quantitative estimate of drug-likeness (QED) is 0.670. The number of hydrogen-bond acceptors (Lipinski definition) is 4. The number of nitrogens with zero attached hydrogens (tertiary/aromatic N) is 1. The van der Waals surface area contributed by atoms with E-state index in [2.05, 4.69) is 11.4 Å². The second-order valence-electron chi connectivity index (χ2n) is 7.93. The van der Waals surface area contributed by atoms with E-state index in [9.17, 15) is 9.90 Å². The van der Waals surface area contributed by atoms with Crippen molar-refractivity contribution >= 4 is 16.9 Å². The van der Waals surface area contributed by atoms with Crippen LogP contribution in [0.3, 0.4) is 0 Å². The summed E-state index contributed by atoms with van der Waals surface area (Å²) in [6, 6.07) is 14.3. The third-order valence-corrected chi connectivity index (χ3v) is 5.94. The molecule has 0 amide bonds. The van der Waals surface area contributed by atoms with Crippen molar-refractivity contribution in [3.8, 4) is 5.75 Å². The van der Waals surface area contributed by atoms with Gasteiger partial charge in [-0.15, -0.1) is 0 Å². The molecular weight excluding hydrogens is 364 g/mol. The summed E-state index contributed by atoms with van der Waals surface area (Å²) in [6.07, 6.45) is 4.79. The number of carbonyl (C=O) groups excluding carboxylic acids is 1. The minimum atomic E-state index is -1.13. The maximum atomic E-state index is 12.2. The molecule has 1 aromatic heterocycles. The molecule has 1 N–H and O–H groups in total. The largest absolute Gasteiger partial charge is 0.543 e. The van der Waals surface area contributed by atoms with Gasteiger partial charge in [0.15, 0.2) is 0 Å². The fourth-order valence-corrected chi connectivity index (χ4v) is 4.40. The summed E-state index contributed by atoms with van der Waals surface area (Å²) in [4.78, 5) is 12.2. The van der Waals surface area contributed by atoms with Crippen molar-refractivity contribution in [1.82, 2.24) is 9.88 Å². The van der Waals surface area contributed by atoms with Gasteiger partial charge in [0, 0.05) is 35.6 Å². The standard InChI is InChI=1S/C24H28N2O3/c1-16-7-12-20-21(14-25-18-5-3-4-6-18)23(24(27)28)26(22(20)13-16)15-17-8-10-19(29-2)11-9-17/h7-13,18,25H,3-6,14-15H2,1-2H3,(H,27,28)/p-1. The van der Waals surface area contributed by atoms with Crippen molar-refractivity contribution in [2.24, 2.45) is 0 Å². The molecule has 4 rings (SSSR count). The van der Waals surface area contributed by atoms with Crippen LogP contribution in [0, 0.1) is 6.92 Å². The molecule has 0 saturated heterocycles. The number of hydrogen-bond donors (Lipinski definition) is 1. The lowest BCUT2D eigenvalue weighted by atomic mass is 10.1. The van der Waals surface area contributed by atoms with Gasteiger partial charge in [0.05, 0.1) is 18.8 Å². The summed E-state index contributed by atoms with van der Waals surface area (Å²) in [7, 11) is 1.63. The fourth-order valence-electron chi connectivity index (χ4n) is 4.40. The zero-order valence-electron chi connectivity index (χ0n) is 17.0. The molecule has 0 unspecified atom stereocenters. The first-order valence-corrected chi connectivity index (χ1v) is 10.3. The zero-order chi connectivity index (χ0) is 20.4. The number of fused-ring (bicyclic) bond motifs is 1. The first-order valence-electron chi connectivity index (χ1n) is 10.3.